The van der Waals surface area contributed by atoms with E-state index in [1.165, 1.54) is 23.5 Å². The summed E-state index contributed by atoms with van der Waals surface area (Å²) < 4.78 is 28.5. The Kier molecular flexibility index (Phi) is 7.10. The van der Waals surface area contributed by atoms with Crippen LogP contribution in [0.2, 0.25) is 0 Å². The molecule has 0 fully saturated rings. The minimum atomic E-state index is -0.759. The van der Waals surface area contributed by atoms with Gasteiger partial charge >= 0.3 is 5.97 Å². The molecule has 39 heavy (non-hydrogen) atoms. The van der Waals surface area contributed by atoms with E-state index in [0.717, 1.165) is 22.6 Å². The maximum Gasteiger partial charge on any atom is 0.338 e. The average molecular weight is 546 g/mol. The number of carbonyl (C=O) groups excluding carboxylic acids is 1. The largest absolute Gasteiger partial charge is 0.496 e. The third kappa shape index (κ3) is 4.63. The number of para-hydroxylation sites is 1. The molecule has 0 saturated carbocycles. The summed E-state index contributed by atoms with van der Waals surface area (Å²) in [5.41, 5.74) is 4.74. The second-order valence-corrected chi connectivity index (χ2v) is 10.2. The van der Waals surface area contributed by atoms with Crippen molar-refractivity contribution in [3.63, 3.8) is 0 Å². The van der Waals surface area contributed by atoms with Crippen molar-refractivity contribution in [3.8, 4) is 11.4 Å². The van der Waals surface area contributed by atoms with Gasteiger partial charge in [0.25, 0.3) is 5.56 Å². The van der Waals surface area contributed by atoms with E-state index in [2.05, 4.69) is 4.99 Å². The lowest BCUT2D eigenvalue weighted by Gasteiger charge is -2.25. The number of fused-ring (bicyclic) bond motifs is 1. The number of ether oxygens (including phenoxy) is 2. The lowest BCUT2D eigenvalue weighted by atomic mass is 9.95. The zero-order valence-electron chi connectivity index (χ0n) is 22.3. The quantitative estimate of drug-likeness (QED) is 0.338. The first-order valence-corrected chi connectivity index (χ1v) is 13.3. The molecule has 7 nitrogen and oxygen atoms in total. The molecule has 9 heteroatoms. The Morgan fingerprint density at radius 1 is 1.13 bits per heavy atom. The molecular weight excluding hydrogens is 517 g/mol. The van der Waals surface area contributed by atoms with Crippen LogP contribution in [0, 0.1) is 19.7 Å². The van der Waals surface area contributed by atoms with E-state index in [-0.39, 0.29) is 18.0 Å². The number of thiazole rings is 1. The molecule has 1 aliphatic heterocycles. The van der Waals surface area contributed by atoms with Gasteiger partial charge in [-0.25, -0.2) is 14.2 Å². The second kappa shape index (κ2) is 10.5. The highest BCUT2D eigenvalue weighted by molar-refractivity contribution is 7.07. The van der Waals surface area contributed by atoms with Gasteiger partial charge in [0.1, 0.15) is 17.6 Å². The molecule has 1 atom stereocenters. The van der Waals surface area contributed by atoms with Crippen LogP contribution in [0.1, 0.15) is 42.4 Å². The molecule has 4 aromatic rings. The molecule has 2 aromatic heterocycles. The molecule has 0 amide bonds. The fraction of sp³-hybridized carbons (Fsp3) is 0.233. The van der Waals surface area contributed by atoms with E-state index in [9.17, 15) is 14.0 Å². The van der Waals surface area contributed by atoms with Crippen LogP contribution in [-0.2, 0) is 9.53 Å². The monoisotopic (exact) mass is 545 g/mol. The normalized spacial score (nSPS) is 15.2. The van der Waals surface area contributed by atoms with Gasteiger partial charge in [0.15, 0.2) is 4.80 Å². The lowest BCUT2D eigenvalue weighted by molar-refractivity contribution is -0.139. The maximum atomic E-state index is 14.0. The van der Waals surface area contributed by atoms with Crippen molar-refractivity contribution in [2.75, 3.05) is 13.7 Å². The van der Waals surface area contributed by atoms with Crippen LogP contribution in [0.5, 0.6) is 5.75 Å². The molecule has 0 saturated heterocycles. The smallest absolute Gasteiger partial charge is 0.338 e. The number of carbonyl (C=O) groups is 1. The first kappa shape index (κ1) is 26.4. The molecule has 0 N–H and O–H groups in total. The van der Waals surface area contributed by atoms with Gasteiger partial charge in [-0.05, 0) is 75.7 Å². The van der Waals surface area contributed by atoms with Crippen molar-refractivity contribution in [1.29, 1.82) is 0 Å². The van der Waals surface area contributed by atoms with Gasteiger partial charge in [0.05, 0.1) is 29.5 Å². The second-order valence-electron chi connectivity index (χ2n) is 9.18. The standard InChI is InChI=1S/C30H28FN3O4S/c1-6-38-29(36)26-18(3)32-30-34(27(26)23-9-7-8-10-24(23)37-5)28(35)25(39-30)16-20-15-17(2)33(19(20)4)22-13-11-21(31)12-14-22/h7-16,27H,6H2,1-5H3/t27-/m0/s1. The fourth-order valence-electron chi connectivity index (χ4n) is 5.04. The van der Waals surface area contributed by atoms with Crippen LogP contribution in [0.15, 0.2) is 75.7 Å². The predicted octanol–water partition coefficient (Wildman–Crippen LogP) is 4.35. The van der Waals surface area contributed by atoms with Gasteiger partial charge in [-0.3, -0.25) is 9.36 Å². The van der Waals surface area contributed by atoms with E-state index < -0.39 is 12.0 Å². The van der Waals surface area contributed by atoms with Crippen molar-refractivity contribution in [2.24, 2.45) is 4.99 Å². The molecule has 0 radical (unpaired) electrons. The predicted molar refractivity (Wildman–Crippen MR) is 149 cm³/mol. The van der Waals surface area contributed by atoms with E-state index in [1.54, 1.807) is 43.7 Å². The zero-order valence-corrected chi connectivity index (χ0v) is 23.1. The van der Waals surface area contributed by atoms with E-state index >= 15 is 0 Å². The summed E-state index contributed by atoms with van der Waals surface area (Å²) in [6.07, 6.45) is 1.84. The van der Waals surface area contributed by atoms with Crippen LogP contribution in [-0.4, -0.2) is 28.8 Å². The molecule has 5 rings (SSSR count). The first-order chi connectivity index (χ1) is 18.7. The molecule has 0 bridgehead atoms. The van der Waals surface area contributed by atoms with Gasteiger partial charge in [-0.1, -0.05) is 29.5 Å². The summed E-state index contributed by atoms with van der Waals surface area (Å²) >= 11 is 1.26. The molecule has 0 unspecified atom stereocenters. The Morgan fingerprint density at radius 3 is 2.54 bits per heavy atom. The lowest BCUT2D eigenvalue weighted by Crippen LogP contribution is -2.40. The third-order valence-electron chi connectivity index (χ3n) is 6.79. The number of nitrogens with zero attached hydrogens (tertiary/aromatic N) is 3. The van der Waals surface area contributed by atoms with Crippen molar-refractivity contribution in [1.82, 2.24) is 9.13 Å². The first-order valence-electron chi connectivity index (χ1n) is 12.5. The minimum absolute atomic E-state index is 0.197. The molecular formula is C30H28FN3O4S. The van der Waals surface area contributed by atoms with Gasteiger partial charge < -0.3 is 14.0 Å². The average Bonchev–Trinajstić information content (AvgIpc) is 3.37. The fourth-order valence-corrected chi connectivity index (χ4v) is 6.08. The van der Waals surface area contributed by atoms with Gasteiger partial charge in [0, 0.05) is 22.6 Å². The zero-order chi connectivity index (χ0) is 27.8. The van der Waals surface area contributed by atoms with Crippen molar-refractivity contribution < 1.29 is 18.7 Å². The highest BCUT2D eigenvalue weighted by atomic mass is 32.1. The van der Waals surface area contributed by atoms with Crippen LogP contribution >= 0.6 is 11.3 Å². The summed E-state index contributed by atoms with van der Waals surface area (Å²) in [4.78, 5) is 32.2. The number of esters is 1. The molecule has 200 valence electrons. The highest BCUT2D eigenvalue weighted by Gasteiger charge is 2.35. The summed E-state index contributed by atoms with van der Waals surface area (Å²) in [5.74, 6) is -0.271. The van der Waals surface area contributed by atoms with Gasteiger partial charge in [-0.2, -0.15) is 0 Å². The van der Waals surface area contributed by atoms with Crippen LogP contribution in [0.4, 0.5) is 4.39 Å². The number of rotatable bonds is 6. The maximum absolute atomic E-state index is 14.0. The number of hydrogen-bond acceptors (Lipinski definition) is 6. The molecule has 3 heterocycles. The number of allylic oxidation sites excluding steroid dienone is 1. The van der Waals surface area contributed by atoms with Gasteiger partial charge in [0.2, 0.25) is 0 Å². The Hall–Kier alpha value is -4.24. The SMILES string of the molecule is CCOC(=O)C1=C(C)N=c2sc(=Cc3cc(C)n(-c4ccc(F)cc4)c3C)c(=O)n2[C@H]1c1ccccc1OC. The van der Waals surface area contributed by atoms with E-state index in [1.807, 2.05) is 48.8 Å². The third-order valence-corrected chi connectivity index (χ3v) is 7.78. The summed E-state index contributed by atoms with van der Waals surface area (Å²) in [5, 5.41) is 0. The highest BCUT2D eigenvalue weighted by Crippen LogP contribution is 2.35. The van der Waals surface area contributed by atoms with Crippen molar-refractivity contribution >= 4 is 23.4 Å². The Labute approximate surface area is 228 Å². The van der Waals surface area contributed by atoms with Gasteiger partial charge in [-0.15, -0.1) is 0 Å². The number of halogens is 1. The molecule has 2 aromatic carbocycles. The Balaban J connectivity index is 1.71. The van der Waals surface area contributed by atoms with Crippen molar-refractivity contribution in [2.45, 2.75) is 33.7 Å². The summed E-state index contributed by atoms with van der Waals surface area (Å²) in [6, 6.07) is 14.8. The number of aryl methyl sites for hydroxylation is 1. The molecule has 1 aliphatic rings. The summed E-state index contributed by atoms with van der Waals surface area (Å²) in [7, 11) is 1.56. The number of benzene rings is 2. The van der Waals surface area contributed by atoms with Crippen LogP contribution in [0.3, 0.4) is 0 Å². The topological polar surface area (TPSA) is 74.8 Å². The number of methoxy groups -OCH3 is 1. The van der Waals surface area contributed by atoms with Crippen molar-refractivity contribution in [3.05, 3.63) is 114 Å². The molecule has 0 aliphatic carbocycles. The van der Waals surface area contributed by atoms with E-state index in [0.29, 0.717) is 31.9 Å². The minimum Gasteiger partial charge on any atom is -0.496 e. The number of aromatic nitrogens is 2. The number of hydrogen-bond donors (Lipinski definition) is 0. The van der Waals surface area contributed by atoms with Crippen LogP contribution in [0.25, 0.3) is 11.8 Å². The van der Waals surface area contributed by atoms with Crippen LogP contribution < -0.4 is 19.6 Å². The molecule has 0 spiro atoms. The Morgan fingerprint density at radius 2 is 1.85 bits per heavy atom. The van der Waals surface area contributed by atoms with E-state index in [4.69, 9.17) is 9.47 Å². The summed E-state index contributed by atoms with van der Waals surface area (Å²) in [6.45, 7) is 7.61. The Bertz CT molecular complexity index is 1790.